The molecule has 0 N–H and O–H groups in total. The molecule has 202 valence electrons. The maximum Gasteiger partial charge on any atom is 0.344 e. The summed E-state index contributed by atoms with van der Waals surface area (Å²) >= 11 is 3.44. The molecule has 40 heavy (non-hydrogen) atoms. The summed E-state index contributed by atoms with van der Waals surface area (Å²) in [7, 11) is 0. The Hall–Kier alpha value is -4.84. The fraction of sp³-hybridized carbons (Fsp3) is 0.143. The van der Waals surface area contributed by atoms with Gasteiger partial charge in [-0.1, -0.05) is 28.1 Å². The van der Waals surface area contributed by atoms with Gasteiger partial charge in [0.05, 0.1) is 28.1 Å². The number of para-hydroxylation sites is 1. The van der Waals surface area contributed by atoms with E-state index in [-0.39, 0.29) is 28.9 Å². The van der Waals surface area contributed by atoms with Crippen LogP contribution in [0.2, 0.25) is 0 Å². The van der Waals surface area contributed by atoms with Crippen LogP contribution in [-0.4, -0.2) is 39.5 Å². The Bertz CT molecular complexity index is 1860. The van der Waals surface area contributed by atoms with Gasteiger partial charge in [-0.05, 0) is 56.3 Å². The zero-order chi connectivity index (χ0) is 28.4. The second kappa shape index (κ2) is 11.1. The quantitative estimate of drug-likeness (QED) is 0.0951. The number of esters is 1. The van der Waals surface area contributed by atoms with Gasteiger partial charge in [-0.3, -0.25) is 14.9 Å². The smallest absolute Gasteiger partial charge is 0.344 e. The summed E-state index contributed by atoms with van der Waals surface area (Å²) < 4.78 is 18.6. The van der Waals surface area contributed by atoms with Crippen molar-refractivity contribution in [1.29, 1.82) is 0 Å². The summed E-state index contributed by atoms with van der Waals surface area (Å²) in [6.45, 7) is 2.99. The van der Waals surface area contributed by atoms with Crippen LogP contribution in [0.5, 0.6) is 5.75 Å². The molecule has 2 aromatic heterocycles. The third-order valence-corrected chi connectivity index (χ3v) is 6.17. The minimum atomic E-state index is -0.606. The molecular weight excluding hydrogens is 584 g/mol. The SMILES string of the molecule is CC(C)OC(=O)COc1ccc([N+](=O)[O-])cc1C=Nn1c(-c2cc3cc(Br)ccc3o2)nc2ccccc2c1=O. The molecule has 0 saturated heterocycles. The number of carbonyl (C=O) groups excluding carboxylic acids is 1. The second-order valence-corrected chi connectivity index (χ2v) is 9.83. The average molecular weight is 605 g/mol. The van der Waals surface area contributed by atoms with Gasteiger partial charge < -0.3 is 13.9 Å². The highest BCUT2D eigenvalue weighted by Crippen LogP contribution is 2.29. The number of fused-ring (bicyclic) bond motifs is 2. The predicted octanol–water partition coefficient (Wildman–Crippen LogP) is 5.69. The summed E-state index contributed by atoms with van der Waals surface area (Å²) in [4.78, 5) is 41.1. The molecule has 0 spiro atoms. The largest absolute Gasteiger partial charge is 0.481 e. The Labute approximate surface area is 234 Å². The molecule has 3 aromatic carbocycles. The Balaban J connectivity index is 1.62. The lowest BCUT2D eigenvalue weighted by Gasteiger charge is -2.11. The van der Waals surface area contributed by atoms with Crippen molar-refractivity contribution in [3.8, 4) is 17.3 Å². The van der Waals surface area contributed by atoms with Crippen LogP contribution >= 0.6 is 15.9 Å². The van der Waals surface area contributed by atoms with Crippen molar-refractivity contribution in [2.24, 2.45) is 5.10 Å². The maximum atomic E-state index is 13.6. The number of nitro benzene ring substituents is 1. The fourth-order valence-electron chi connectivity index (χ4n) is 3.95. The number of carbonyl (C=O) groups is 1. The average Bonchev–Trinajstić information content (AvgIpc) is 3.34. The Morgan fingerprint density at radius 2 is 1.98 bits per heavy atom. The number of ether oxygens (including phenoxy) is 2. The van der Waals surface area contributed by atoms with Gasteiger partial charge in [-0.2, -0.15) is 9.78 Å². The summed E-state index contributed by atoms with van der Waals surface area (Å²) in [5.74, 6) is -0.0577. The molecule has 0 amide bonds. The molecule has 0 unspecified atom stereocenters. The van der Waals surface area contributed by atoms with Gasteiger partial charge in [0.15, 0.2) is 12.4 Å². The summed E-state index contributed by atoms with van der Waals surface area (Å²) in [5.41, 5.74) is 0.473. The predicted molar refractivity (Wildman–Crippen MR) is 152 cm³/mol. The van der Waals surface area contributed by atoms with Gasteiger partial charge in [0.2, 0.25) is 5.82 Å². The highest BCUT2D eigenvalue weighted by Gasteiger charge is 2.18. The Morgan fingerprint density at radius 3 is 2.75 bits per heavy atom. The van der Waals surface area contributed by atoms with Crippen LogP contribution < -0.4 is 10.3 Å². The Morgan fingerprint density at radius 1 is 1.18 bits per heavy atom. The number of hydrogen-bond donors (Lipinski definition) is 0. The van der Waals surface area contributed by atoms with Crippen molar-refractivity contribution in [2.45, 2.75) is 20.0 Å². The molecule has 12 heteroatoms. The molecular formula is C28H21BrN4O7. The first-order valence-corrected chi connectivity index (χ1v) is 12.9. The minimum Gasteiger partial charge on any atom is -0.481 e. The van der Waals surface area contributed by atoms with E-state index in [2.05, 4.69) is 26.0 Å². The van der Waals surface area contributed by atoms with Crippen LogP contribution in [0.25, 0.3) is 33.5 Å². The van der Waals surface area contributed by atoms with Crippen molar-refractivity contribution < 1.29 is 23.6 Å². The monoisotopic (exact) mass is 604 g/mol. The standard InChI is InChI=1S/C28H21BrN4O7/c1-16(2)39-26(34)15-38-23-10-8-20(33(36)37)12-18(23)14-30-32-27(31-22-6-4-3-5-21(22)28(32)35)25-13-17-11-19(29)7-9-24(17)40-25/h3-14,16H,15H2,1-2H3. The lowest BCUT2D eigenvalue weighted by atomic mass is 10.2. The van der Waals surface area contributed by atoms with Crippen LogP contribution in [-0.2, 0) is 9.53 Å². The first kappa shape index (κ1) is 26.8. The molecule has 5 rings (SSSR count). The second-order valence-electron chi connectivity index (χ2n) is 8.91. The third kappa shape index (κ3) is 5.61. The molecule has 2 heterocycles. The summed E-state index contributed by atoms with van der Waals surface area (Å²) in [5, 5.41) is 16.9. The van der Waals surface area contributed by atoms with Gasteiger partial charge in [-0.15, -0.1) is 0 Å². The molecule has 5 aromatic rings. The van der Waals surface area contributed by atoms with Gasteiger partial charge in [-0.25, -0.2) is 9.78 Å². The number of non-ortho nitro benzene ring substituents is 1. The highest BCUT2D eigenvalue weighted by atomic mass is 79.9. The van der Waals surface area contributed by atoms with E-state index in [9.17, 15) is 19.7 Å². The van der Waals surface area contributed by atoms with Crippen molar-refractivity contribution in [1.82, 2.24) is 9.66 Å². The maximum absolute atomic E-state index is 13.6. The lowest BCUT2D eigenvalue weighted by Crippen LogP contribution is -2.20. The first-order chi connectivity index (χ1) is 19.2. The van der Waals surface area contributed by atoms with Crippen LogP contribution in [0.4, 0.5) is 5.69 Å². The van der Waals surface area contributed by atoms with Crippen LogP contribution in [0.15, 0.2) is 85.5 Å². The molecule has 0 saturated carbocycles. The number of hydrogen-bond acceptors (Lipinski definition) is 9. The highest BCUT2D eigenvalue weighted by molar-refractivity contribution is 9.10. The number of halogens is 1. The van der Waals surface area contributed by atoms with Crippen LogP contribution in [0, 0.1) is 10.1 Å². The number of nitro groups is 1. The van der Waals surface area contributed by atoms with E-state index in [1.807, 2.05) is 12.1 Å². The van der Waals surface area contributed by atoms with Crippen molar-refractivity contribution in [2.75, 3.05) is 6.61 Å². The van der Waals surface area contributed by atoms with E-state index in [0.717, 1.165) is 14.5 Å². The molecule has 0 atom stereocenters. The number of nitrogens with zero attached hydrogens (tertiary/aromatic N) is 4. The van der Waals surface area contributed by atoms with Crippen molar-refractivity contribution in [3.63, 3.8) is 0 Å². The molecule has 11 nitrogen and oxygen atoms in total. The number of aromatic nitrogens is 2. The number of furan rings is 1. The molecule has 0 aliphatic heterocycles. The normalized spacial score (nSPS) is 11.5. The van der Waals surface area contributed by atoms with Crippen LogP contribution in [0.3, 0.4) is 0 Å². The lowest BCUT2D eigenvalue weighted by molar-refractivity contribution is -0.384. The van der Waals surface area contributed by atoms with Gasteiger partial charge in [0.1, 0.15) is 11.3 Å². The van der Waals surface area contributed by atoms with E-state index < -0.39 is 23.1 Å². The van der Waals surface area contributed by atoms with Gasteiger partial charge in [0.25, 0.3) is 11.2 Å². The first-order valence-electron chi connectivity index (χ1n) is 12.1. The van der Waals surface area contributed by atoms with Crippen molar-refractivity contribution >= 4 is 55.7 Å². The molecule has 0 fully saturated rings. The molecule has 0 aliphatic rings. The number of rotatable bonds is 8. The number of benzene rings is 3. The van der Waals surface area contributed by atoms with E-state index in [0.29, 0.717) is 22.2 Å². The van der Waals surface area contributed by atoms with E-state index in [1.54, 1.807) is 50.2 Å². The molecule has 0 radical (unpaired) electrons. The van der Waals surface area contributed by atoms with E-state index in [4.69, 9.17) is 13.9 Å². The summed E-state index contributed by atoms with van der Waals surface area (Å²) in [6.07, 6.45) is 0.899. The minimum absolute atomic E-state index is 0.126. The fourth-order valence-corrected chi connectivity index (χ4v) is 4.33. The zero-order valence-electron chi connectivity index (χ0n) is 21.2. The zero-order valence-corrected chi connectivity index (χ0v) is 22.8. The van der Waals surface area contributed by atoms with E-state index >= 15 is 0 Å². The Kier molecular flexibility index (Phi) is 7.43. The van der Waals surface area contributed by atoms with Crippen molar-refractivity contribution in [3.05, 3.63) is 97.2 Å². The summed E-state index contributed by atoms with van der Waals surface area (Å²) in [6, 6.07) is 17.8. The van der Waals surface area contributed by atoms with Gasteiger partial charge in [0, 0.05) is 27.6 Å². The third-order valence-electron chi connectivity index (χ3n) is 5.68. The topological polar surface area (TPSA) is 139 Å². The van der Waals surface area contributed by atoms with Gasteiger partial charge >= 0.3 is 5.97 Å². The van der Waals surface area contributed by atoms with Crippen LogP contribution in [0.1, 0.15) is 19.4 Å². The van der Waals surface area contributed by atoms with E-state index in [1.165, 1.54) is 24.4 Å². The molecule has 0 bridgehead atoms. The molecule has 0 aliphatic carbocycles.